The SMILES string of the molecule is CC(C)(C)OC(=O)Oc1c(CCB2O[C@@H]3C[C@@H]4C[C@@H](C4(C)C)[C@]3(C)O2)ccc(OC2CN(C(=O)Cc3ccccn3)C2)c1C(=O)OC(C)(C)C. The van der Waals surface area contributed by atoms with Crippen LogP contribution in [0.15, 0.2) is 36.5 Å². The third-order valence-corrected chi connectivity index (χ3v) is 10.6. The number of pyridine rings is 1. The molecular formula is C38H51BN2O9. The Morgan fingerprint density at radius 2 is 1.70 bits per heavy atom. The first-order valence-corrected chi connectivity index (χ1v) is 17.8. The lowest BCUT2D eigenvalue weighted by Crippen LogP contribution is -2.65. The van der Waals surface area contributed by atoms with Crippen molar-refractivity contribution in [2.24, 2.45) is 17.3 Å². The van der Waals surface area contributed by atoms with Crippen LogP contribution in [0, 0.1) is 17.3 Å². The van der Waals surface area contributed by atoms with E-state index in [0.717, 1.165) is 12.8 Å². The molecule has 5 fully saturated rings. The number of ether oxygens (including phenoxy) is 4. The highest BCUT2D eigenvalue weighted by Gasteiger charge is 2.67. The molecule has 5 aliphatic rings. The second-order valence-corrected chi connectivity index (χ2v) is 17.0. The zero-order valence-corrected chi connectivity index (χ0v) is 30.9. The number of rotatable bonds is 9. The fourth-order valence-electron chi connectivity index (χ4n) is 7.91. The van der Waals surface area contributed by atoms with Gasteiger partial charge in [-0.2, -0.15) is 0 Å². The number of aryl methyl sites for hydroxylation is 1. The number of amides is 1. The van der Waals surface area contributed by atoms with E-state index in [9.17, 15) is 14.4 Å². The molecule has 270 valence electrons. The van der Waals surface area contributed by atoms with Crippen molar-refractivity contribution in [1.82, 2.24) is 9.88 Å². The van der Waals surface area contributed by atoms with Crippen LogP contribution >= 0.6 is 0 Å². The van der Waals surface area contributed by atoms with Crippen LogP contribution in [0.25, 0.3) is 0 Å². The molecule has 0 N–H and O–H groups in total. The minimum absolute atomic E-state index is 0.0124. The number of esters is 1. The van der Waals surface area contributed by atoms with Crippen molar-refractivity contribution in [1.29, 1.82) is 0 Å². The van der Waals surface area contributed by atoms with Gasteiger partial charge in [-0.3, -0.25) is 9.78 Å². The van der Waals surface area contributed by atoms with Crippen molar-refractivity contribution in [3.63, 3.8) is 0 Å². The van der Waals surface area contributed by atoms with Gasteiger partial charge in [0.1, 0.15) is 28.6 Å². The van der Waals surface area contributed by atoms with Crippen LogP contribution in [0.5, 0.6) is 11.5 Å². The average molecular weight is 691 g/mol. The normalized spacial score (nSPS) is 25.6. The Morgan fingerprint density at radius 1 is 0.980 bits per heavy atom. The van der Waals surface area contributed by atoms with Crippen LogP contribution in [-0.4, -0.2) is 77.1 Å². The molecule has 12 heteroatoms. The van der Waals surface area contributed by atoms with Gasteiger partial charge in [0, 0.05) is 11.9 Å². The Labute approximate surface area is 295 Å². The number of carbonyl (C=O) groups is 3. The zero-order valence-electron chi connectivity index (χ0n) is 30.9. The fourth-order valence-corrected chi connectivity index (χ4v) is 7.91. The van der Waals surface area contributed by atoms with Gasteiger partial charge in [-0.05, 0) is 115 Å². The maximum atomic E-state index is 13.9. The molecule has 2 aliphatic heterocycles. The summed E-state index contributed by atoms with van der Waals surface area (Å²) in [7, 11) is -0.444. The molecule has 50 heavy (non-hydrogen) atoms. The number of nitrogens with zero attached hydrogens (tertiary/aromatic N) is 2. The van der Waals surface area contributed by atoms with Gasteiger partial charge in [0.15, 0.2) is 5.75 Å². The topological polar surface area (TPSA) is 123 Å². The largest absolute Gasteiger partial charge is 0.514 e. The van der Waals surface area contributed by atoms with Gasteiger partial charge in [0.05, 0.1) is 31.2 Å². The van der Waals surface area contributed by atoms with Gasteiger partial charge in [-0.15, -0.1) is 0 Å². The van der Waals surface area contributed by atoms with Crippen LogP contribution in [0.1, 0.15) is 96.8 Å². The van der Waals surface area contributed by atoms with Crippen molar-refractivity contribution in [2.75, 3.05) is 13.1 Å². The van der Waals surface area contributed by atoms with Gasteiger partial charge >= 0.3 is 19.2 Å². The van der Waals surface area contributed by atoms with Crippen LogP contribution in [0.2, 0.25) is 6.32 Å². The fraction of sp³-hybridized carbons (Fsp3) is 0.632. The average Bonchev–Trinajstić information content (AvgIpc) is 3.32. The minimum Gasteiger partial charge on any atom is -0.486 e. The minimum atomic E-state index is -0.954. The highest BCUT2D eigenvalue weighted by atomic mass is 16.7. The van der Waals surface area contributed by atoms with E-state index in [0.29, 0.717) is 48.9 Å². The smallest absolute Gasteiger partial charge is 0.486 e. The number of benzene rings is 1. The molecule has 0 radical (unpaired) electrons. The van der Waals surface area contributed by atoms with Crippen LogP contribution in [-0.2, 0) is 36.4 Å². The molecule has 1 amide bonds. The first-order valence-electron chi connectivity index (χ1n) is 17.8. The summed E-state index contributed by atoms with van der Waals surface area (Å²) in [5.74, 6) is 0.496. The van der Waals surface area contributed by atoms with Crippen molar-refractivity contribution < 1.29 is 42.6 Å². The Hall–Kier alpha value is -3.64. The van der Waals surface area contributed by atoms with E-state index in [4.69, 9.17) is 28.3 Å². The molecule has 7 rings (SSSR count). The Balaban J connectivity index is 1.23. The molecule has 3 aliphatic carbocycles. The molecule has 2 bridgehead atoms. The van der Waals surface area contributed by atoms with E-state index in [2.05, 4.69) is 25.8 Å². The van der Waals surface area contributed by atoms with Crippen molar-refractivity contribution >= 4 is 25.2 Å². The monoisotopic (exact) mass is 690 g/mol. The van der Waals surface area contributed by atoms with Gasteiger partial charge in [0.2, 0.25) is 5.91 Å². The lowest BCUT2D eigenvalue weighted by molar-refractivity contribution is -0.199. The van der Waals surface area contributed by atoms with E-state index in [1.165, 1.54) is 0 Å². The summed E-state index contributed by atoms with van der Waals surface area (Å²) in [6, 6.07) is 8.95. The first-order chi connectivity index (χ1) is 23.3. The van der Waals surface area contributed by atoms with Crippen molar-refractivity contribution in [2.45, 2.75) is 123 Å². The number of hydrogen-bond acceptors (Lipinski definition) is 10. The first kappa shape index (κ1) is 36.2. The molecule has 1 aromatic heterocycles. The second-order valence-electron chi connectivity index (χ2n) is 17.0. The molecule has 0 unspecified atom stereocenters. The number of likely N-dealkylation sites (tertiary alicyclic amines) is 1. The van der Waals surface area contributed by atoms with Gasteiger partial charge in [-0.25, -0.2) is 9.59 Å². The Bertz CT molecular complexity index is 1610. The summed E-state index contributed by atoms with van der Waals surface area (Å²) in [6.45, 7) is 18.0. The molecular weight excluding hydrogens is 639 g/mol. The van der Waals surface area contributed by atoms with Crippen LogP contribution in [0.4, 0.5) is 4.79 Å². The zero-order chi connectivity index (χ0) is 36.2. The predicted molar refractivity (Wildman–Crippen MR) is 186 cm³/mol. The lowest BCUT2D eigenvalue weighted by Gasteiger charge is -2.64. The predicted octanol–water partition coefficient (Wildman–Crippen LogP) is 6.45. The van der Waals surface area contributed by atoms with E-state index in [-0.39, 0.29) is 52.6 Å². The third kappa shape index (κ3) is 7.51. The third-order valence-electron chi connectivity index (χ3n) is 10.6. The van der Waals surface area contributed by atoms with Crippen LogP contribution in [0.3, 0.4) is 0 Å². The summed E-state index contributed by atoms with van der Waals surface area (Å²) < 4.78 is 36.7. The number of hydrogen-bond donors (Lipinski definition) is 0. The van der Waals surface area contributed by atoms with Crippen molar-refractivity contribution in [3.05, 3.63) is 53.3 Å². The second kappa shape index (κ2) is 13.2. The summed E-state index contributed by atoms with van der Waals surface area (Å²) >= 11 is 0. The van der Waals surface area contributed by atoms with Gasteiger partial charge < -0.3 is 33.2 Å². The summed E-state index contributed by atoms with van der Waals surface area (Å²) in [5, 5.41) is 0. The highest BCUT2D eigenvalue weighted by molar-refractivity contribution is 6.45. The van der Waals surface area contributed by atoms with Gasteiger partial charge in [-0.1, -0.05) is 26.0 Å². The molecule has 11 nitrogen and oxygen atoms in total. The summed E-state index contributed by atoms with van der Waals surface area (Å²) in [4.78, 5) is 45.8. The Morgan fingerprint density at radius 3 is 2.34 bits per heavy atom. The number of aromatic nitrogens is 1. The summed E-state index contributed by atoms with van der Waals surface area (Å²) in [5.41, 5.74) is -0.548. The van der Waals surface area contributed by atoms with E-state index in [1.54, 1.807) is 70.8 Å². The van der Waals surface area contributed by atoms with Gasteiger partial charge in [0.25, 0.3) is 0 Å². The lowest BCUT2D eigenvalue weighted by atomic mass is 9.43. The molecule has 0 spiro atoms. The molecule has 3 saturated carbocycles. The maximum Gasteiger partial charge on any atom is 0.514 e. The van der Waals surface area contributed by atoms with E-state index >= 15 is 0 Å². The highest BCUT2D eigenvalue weighted by Crippen LogP contribution is 2.65. The summed E-state index contributed by atoms with van der Waals surface area (Å²) in [6.07, 6.45) is 3.55. The standard InChI is InChI=1S/C38H51BN2O9/c1-35(2,3)47-33(43)31-27(45-26-21-41(22-26)30(42)20-25-12-10-11-17-40-25)14-13-23(32(31)46-34(44)48-36(4,5)6)15-16-39-49-29-19-24-18-28(37(24,7)8)38(29,9)50-39/h10-14,17,24,26,28-29H,15-16,18-22H2,1-9H3/t24-,28-,29+,38-/m0/s1. The number of carbonyl (C=O) groups excluding carboxylic acids is 3. The molecule has 4 atom stereocenters. The van der Waals surface area contributed by atoms with Crippen molar-refractivity contribution in [3.8, 4) is 11.5 Å². The van der Waals surface area contributed by atoms with E-state index in [1.807, 2.05) is 12.1 Å². The quantitative estimate of drug-likeness (QED) is 0.165. The maximum absolute atomic E-state index is 13.9. The molecule has 2 aromatic rings. The molecule has 3 heterocycles. The Kier molecular flexibility index (Phi) is 9.52. The van der Waals surface area contributed by atoms with Crippen LogP contribution < -0.4 is 9.47 Å². The molecule has 1 aromatic carbocycles. The molecule has 2 saturated heterocycles. The van der Waals surface area contributed by atoms with E-state index < -0.39 is 30.4 Å².